The van der Waals surface area contributed by atoms with Crippen molar-refractivity contribution in [1.82, 2.24) is 5.32 Å². The summed E-state index contributed by atoms with van der Waals surface area (Å²) in [6, 6.07) is 19.3. The maximum atomic E-state index is 12.4. The van der Waals surface area contributed by atoms with Gasteiger partial charge in [0.05, 0.1) is 12.0 Å². The van der Waals surface area contributed by atoms with Crippen LogP contribution in [0.25, 0.3) is 0 Å². The van der Waals surface area contributed by atoms with Crippen molar-refractivity contribution in [3.8, 4) is 0 Å². The van der Waals surface area contributed by atoms with Crippen LogP contribution in [-0.4, -0.2) is 5.91 Å². The van der Waals surface area contributed by atoms with Gasteiger partial charge in [0.25, 0.3) is 0 Å². The fourth-order valence-electron chi connectivity index (χ4n) is 2.30. The van der Waals surface area contributed by atoms with Crippen LogP contribution in [0.1, 0.15) is 37.1 Å². The number of rotatable bonds is 5. The normalized spacial score (nSPS) is 14.3. The van der Waals surface area contributed by atoms with Gasteiger partial charge in [-0.05, 0) is 18.1 Å². The molecule has 0 heterocycles. The molecule has 0 aliphatic rings. The molecule has 0 spiro atoms. The molecule has 2 aromatic rings. The van der Waals surface area contributed by atoms with Crippen molar-refractivity contribution in [3.05, 3.63) is 71.8 Å². The molecule has 2 unspecified atom stereocenters. The minimum absolute atomic E-state index is 0. The highest BCUT2D eigenvalue weighted by Gasteiger charge is 2.23. The van der Waals surface area contributed by atoms with Crippen molar-refractivity contribution in [1.29, 1.82) is 0 Å². The summed E-state index contributed by atoms with van der Waals surface area (Å²) in [6.45, 7) is 3.85. The van der Waals surface area contributed by atoms with Crippen molar-refractivity contribution in [2.45, 2.75) is 25.9 Å². The van der Waals surface area contributed by atoms with Gasteiger partial charge in [-0.3, -0.25) is 4.79 Å². The molecule has 0 saturated heterocycles. The molecule has 0 aromatic heterocycles. The highest BCUT2D eigenvalue weighted by Crippen LogP contribution is 2.20. The number of benzene rings is 2. The van der Waals surface area contributed by atoms with E-state index in [2.05, 4.69) is 5.32 Å². The summed E-state index contributed by atoms with van der Waals surface area (Å²) in [5.41, 5.74) is 8.26. The maximum Gasteiger partial charge on any atom is 0.225 e. The van der Waals surface area contributed by atoms with Crippen LogP contribution >= 0.6 is 12.4 Å². The van der Waals surface area contributed by atoms with Gasteiger partial charge in [0.2, 0.25) is 5.91 Å². The van der Waals surface area contributed by atoms with Gasteiger partial charge in [0.1, 0.15) is 0 Å². The van der Waals surface area contributed by atoms with Gasteiger partial charge in [0, 0.05) is 6.04 Å². The first kappa shape index (κ1) is 18.2. The highest BCUT2D eigenvalue weighted by molar-refractivity contribution is 5.85. The van der Waals surface area contributed by atoms with Crippen LogP contribution in [0, 0.1) is 5.92 Å². The second kappa shape index (κ2) is 8.57. The second-order valence-electron chi connectivity index (χ2n) is 5.37. The first-order valence-corrected chi connectivity index (χ1v) is 7.25. The number of hydrogen-bond acceptors (Lipinski definition) is 2. The number of nitrogens with one attached hydrogen (secondary N) is 1. The SMILES string of the molecule is CC(C(=O)N[C@H](C)c1ccccc1)C(N)c1ccccc1.Cl. The largest absolute Gasteiger partial charge is 0.349 e. The van der Waals surface area contributed by atoms with E-state index < -0.39 is 0 Å². The van der Waals surface area contributed by atoms with Gasteiger partial charge in [-0.1, -0.05) is 67.6 Å². The number of carbonyl (C=O) groups excluding carboxylic acids is 1. The van der Waals surface area contributed by atoms with Gasteiger partial charge >= 0.3 is 0 Å². The van der Waals surface area contributed by atoms with Crippen LogP contribution in [0.2, 0.25) is 0 Å². The third kappa shape index (κ3) is 4.58. The summed E-state index contributed by atoms with van der Waals surface area (Å²) in [7, 11) is 0. The Morgan fingerprint density at radius 1 is 0.909 bits per heavy atom. The third-order valence-electron chi connectivity index (χ3n) is 3.80. The summed E-state index contributed by atoms with van der Waals surface area (Å²) < 4.78 is 0. The molecule has 0 aliphatic carbocycles. The van der Waals surface area contributed by atoms with E-state index >= 15 is 0 Å². The molecule has 3 N–H and O–H groups in total. The van der Waals surface area contributed by atoms with Gasteiger partial charge < -0.3 is 11.1 Å². The Balaban J connectivity index is 0.00000242. The Morgan fingerprint density at radius 3 is 1.86 bits per heavy atom. The standard InChI is InChI=1S/C18H22N2O.ClH/c1-13(17(19)16-11-7-4-8-12-16)18(21)20-14(2)15-9-5-3-6-10-15;/h3-14,17H,19H2,1-2H3,(H,20,21);1H/t13?,14-,17?;/m1./s1. The fraction of sp³-hybridized carbons (Fsp3) is 0.278. The number of hydrogen-bond donors (Lipinski definition) is 2. The zero-order chi connectivity index (χ0) is 15.2. The van der Waals surface area contributed by atoms with Crippen LogP contribution in [0.3, 0.4) is 0 Å². The Labute approximate surface area is 138 Å². The lowest BCUT2D eigenvalue weighted by Crippen LogP contribution is -2.36. The first-order valence-electron chi connectivity index (χ1n) is 7.25. The number of halogens is 1. The molecule has 2 rings (SSSR count). The van der Waals surface area contributed by atoms with Crippen LogP contribution in [0.5, 0.6) is 0 Å². The molecule has 0 fully saturated rings. The number of carbonyl (C=O) groups is 1. The van der Waals surface area contributed by atoms with E-state index in [0.717, 1.165) is 11.1 Å². The van der Waals surface area contributed by atoms with Gasteiger partial charge in [-0.2, -0.15) is 0 Å². The minimum atomic E-state index is -0.297. The summed E-state index contributed by atoms with van der Waals surface area (Å²) in [6.07, 6.45) is 0. The molecule has 0 saturated carbocycles. The molecule has 3 atom stereocenters. The molecular formula is C18H23ClN2O. The van der Waals surface area contributed by atoms with Gasteiger partial charge in [0.15, 0.2) is 0 Å². The number of amides is 1. The second-order valence-corrected chi connectivity index (χ2v) is 5.37. The van der Waals surface area contributed by atoms with E-state index in [9.17, 15) is 4.79 Å². The van der Waals surface area contributed by atoms with Crippen molar-refractivity contribution < 1.29 is 4.79 Å². The van der Waals surface area contributed by atoms with E-state index in [1.54, 1.807) is 0 Å². The lowest BCUT2D eigenvalue weighted by molar-refractivity contribution is -0.125. The average Bonchev–Trinajstić information content (AvgIpc) is 2.55. The van der Waals surface area contributed by atoms with E-state index in [0.29, 0.717) is 0 Å². The first-order chi connectivity index (χ1) is 10.1. The Hall–Kier alpha value is -1.84. The molecule has 1 amide bonds. The monoisotopic (exact) mass is 318 g/mol. The molecule has 0 bridgehead atoms. The van der Waals surface area contributed by atoms with E-state index in [1.165, 1.54) is 0 Å². The summed E-state index contributed by atoms with van der Waals surface area (Å²) in [4.78, 5) is 12.4. The van der Waals surface area contributed by atoms with Crippen LogP contribution in [-0.2, 0) is 4.79 Å². The molecule has 0 radical (unpaired) electrons. The topological polar surface area (TPSA) is 55.1 Å². The molecule has 0 aliphatic heterocycles. The number of nitrogens with two attached hydrogens (primary N) is 1. The van der Waals surface area contributed by atoms with E-state index in [1.807, 2.05) is 74.5 Å². The predicted molar refractivity (Wildman–Crippen MR) is 92.8 cm³/mol. The molecule has 4 heteroatoms. The molecule has 118 valence electrons. The highest BCUT2D eigenvalue weighted by atomic mass is 35.5. The summed E-state index contributed by atoms with van der Waals surface area (Å²) in [5, 5.41) is 3.03. The Kier molecular flexibility index (Phi) is 7.09. The predicted octanol–water partition coefficient (Wildman–Crippen LogP) is 3.62. The van der Waals surface area contributed by atoms with Crippen LogP contribution in [0.15, 0.2) is 60.7 Å². The van der Waals surface area contributed by atoms with E-state index in [-0.39, 0.29) is 36.3 Å². The lowest BCUT2D eigenvalue weighted by Gasteiger charge is -2.22. The zero-order valence-electron chi connectivity index (χ0n) is 12.9. The van der Waals surface area contributed by atoms with Crippen LogP contribution < -0.4 is 11.1 Å². The molecule has 22 heavy (non-hydrogen) atoms. The maximum absolute atomic E-state index is 12.4. The van der Waals surface area contributed by atoms with Crippen molar-refractivity contribution in [3.63, 3.8) is 0 Å². The summed E-state index contributed by atoms with van der Waals surface area (Å²) in [5.74, 6) is -0.304. The van der Waals surface area contributed by atoms with Gasteiger partial charge in [-0.15, -0.1) is 12.4 Å². The average molecular weight is 319 g/mol. The van der Waals surface area contributed by atoms with E-state index in [4.69, 9.17) is 5.73 Å². The quantitative estimate of drug-likeness (QED) is 0.884. The molecular weight excluding hydrogens is 296 g/mol. The van der Waals surface area contributed by atoms with Gasteiger partial charge in [-0.25, -0.2) is 0 Å². The summed E-state index contributed by atoms with van der Waals surface area (Å²) >= 11 is 0. The molecule has 2 aromatic carbocycles. The fourth-order valence-corrected chi connectivity index (χ4v) is 2.30. The van der Waals surface area contributed by atoms with Crippen LogP contribution in [0.4, 0.5) is 0 Å². The van der Waals surface area contributed by atoms with Crippen molar-refractivity contribution in [2.75, 3.05) is 0 Å². The van der Waals surface area contributed by atoms with Crippen molar-refractivity contribution >= 4 is 18.3 Å². The Morgan fingerprint density at radius 2 is 1.36 bits per heavy atom. The Bertz CT molecular complexity index is 574. The minimum Gasteiger partial charge on any atom is -0.349 e. The van der Waals surface area contributed by atoms with Crippen molar-refractivity contribution in [2.24, 2.45) is 11.7 Å². The lowest BCUT2D eigenvalue weighted by atomic mass is 9.94. The third-order valence-corrected chi connectivity index (χ3v) is 3.80. The zero-order valence-corrected chi connectivity index (χ0v) is 13.7. The smallest absolute Gasteiger partial charge is 0.225 e. The molecule has 3 nitrogen and oxygen atoms in total.